The molecule has 0 saturated carbocycles. The van der Waals surface area contributed by atoms with E-state index in [-0.39, 0.29) is 11.7 Å². The first kappa shape index (κ1) is 18.1. The van der Waals surface area contributed by atoms with Crippen LogP contribution in [0.5, 0.6) is 0 Å². The molecule has 2 saturated heterocycles. The van der Waals surface area contributed by atoms with Gasteiger partial charge in [0.25, 0.3) is 11.6 Å². The van der Waals surface area contributed by atoms with Crippen LogP contribution in [0, 0.1) is 25.7 Å². The lowest BCUT2D eigenvalue weighted by Crippen LogP contribution is -2.32. The fourth-order valence-electron chi connectivity index (χ4n) is 4.14. The van der Waals surface area contributed by atoms with Gasteiger partial charge in [0.15, 0.2) is 0 Å². The SMILES string of the molecule is Cc1nc2nc(C(F)(F)F)nn2c(C)c1CCC(=O)N1C[C@H]2CNC[C@H]2C1. The van der Waals surface area contributed by atoms with Crippen molar-refractivity contribution in [3.8, 4) is 0 Å². The van der Waals surface area contributed by atoms with Crippen molar-refractivity contribution in [3.05, 3.63) is 22.8 Å². The molecule has 27 heavy (non-hydrogen) atoms. The standard InChI is InChI=1S/C17H21F3N6O/c1-9-13(3-4-14(27)25-7-11-5-21-6-12(11)8-25)10(2)26-16(22-9)23-15(24-26)17(18,19)20/h11-12,21H,3-8H2,1-2H3/t11-,12+. The highest BCUT2D eigenvalue weighted by atomic mass is 19.4. The van der Waals surface area contributed by atoms with Crippen molar-refractivity contribution >= 4 is 11.7 Å². The van der Waals surface area contributed by atoms with E-state index in [9.17, 15) is 18.0 Å². The van der Waals surface area contributed by atoms with Gasteiger partial charge in [0.05, 0.1) is 0 Å². The lowest BCUT2D eigenvalue weighted by molar-refractivity contribution is -0.144. The van der Waals surface area contributed by atoms with Crippen molar-refractivity contribution in [2.75, 3.05) is 26.2 Å². The van der Waals surface area contributed by atoms with E-state index in [1.54, 1.807) is 13.8 Å². The quantitative estimate of drug-likeness (QED) is 0.868. The van der Waals surface area contributed by atoms with Crippen molar-refractivity contribution < 1.29 is 18.0 Å². The summed E-state index contributed by atoms with van der Waals surface area (Å²) >= 11 is 0. The number of aromatic nitrogens is 4. The van der Waals surface area contributed by atoms with E-state index in [1.165, 1.54) is 0 Å². The van der Waals surface area contributed by atoms with Gasteiger partial charge in [-0.3, -0.25) is 4.79 Å². The maximum absolute atomic E-state index is 12.9. The zero-order valence-corrected chi connectivity index (χ0v) is 15.2. The molecule has 2 atom stereocenters. The van der Waals surface area contributed by atoms with Crippen molar-refractivity contribution in [1.82, 2.24) is 29.8 Å². The maximum Gasteiger partial charge on any atom is 0.453 e. The number of likely N-dealkylation sites (tertiary alicyclic amines) is 1. The van der Waals surface area contributed by atoms with E-state index in [0.29, 0.717) is 36.1 Å². The number of halogens is 3. The van der Waals surface area contributed by atoms with Gasteiger partial charge in [0, 0.05) is 44.0 Å². The minimum absolute atomic E-state index is 0.0766. The number of alkyl halides is 3. The van der Waals surface area contributed by atoms with Gasteiger partial charge in [-0.15, -0.1) is 5.10 Å². The summed E-state index contributed by atoms with van der Waals surface area (Å²) in [6.07, 6.45) is -3.89. The highest BCUT2D eigenvalue weighted by Gasteiger charge is 2.38. The number of carbonyl (C=O) groups excluding carboxylic acids is 1. The molecular weight excluding hydrogens is 361 g/mol. The Morgan fingerprint density at radius 3 is 2.48 bits per heavy atom. The third-order valence-corrected chi connectivity index (χ3v) is 5.63. The van der Waals surface area contributed by atoms with E-state index in [1.807, 2.05) is 4.90 Å². The molecule has 2 aliphatic heterocycles. The van der Waals surface area contributed by atoms with Crippen LogP contribution in [0.25, 0.3) is 5.78 Å². The average Bonchev–Trinajstić information content (AvgIpc) is 3.27. The number of hydrogen-bond donors (Lipinski definition) is 1. The van der Waals surface area contributed by atoms with Gasteiger partial charge < -0.3 is 10.2 Å². The van der Waals surface area contributed by atoms with Crippen LogP contribution in [0.3, 0.4) is 0 Å². The number of hydrogen-bond acceptors (Lipinski definition) is 5. The molecule has 4 rings (SSSR count). The minimum Gasteiger partial charge on any atom is -0.342 e. The van der Waals surface area contributed by atoms with Crippen LogP contribution in [0.2, 0.25) is 0 Å². The molecule has 146 valence electrons. The Bertz CT molecular complexity index is 881. The monoisotopic (exact) mass is 382 g/mol. The Balaban J connectivity index is 1.51. The number of amides is 1. The number of rotatable bonds is 3. The fraction of sp³-hybridized carbons (Fsp3) is 0.647. The second-order valence-corrected chi connectivity index (χ2v) is 7.38. The maximum atomic E-state index is 12.9. The summed E-state index contributed by atoms with van der Waals surface area (Å²) in [5.74, 6) is -0.133. The molecule has 0 bridgehead atoms. The molecule has 0 aliphatic carbocycles. The van der Waals surface area contributed by atoms with E-state index in [4.69, 9.17) is 0 Å². The second kappa shape index (κ2) is 6.43. The second-order valence-electron chi connectivity index (χ2n) is 7.38. The summed E-state index contributed by atoms with van der Waals surface area (Å²) in [4.78, 5) is 22.1. The van der Waals surface area contributed by atoms with Gasteiger partial charge in [0.1, 0.15) is 0 Å². The van der Waals surface area contributed by atoms with Gasteiger partial charge in [0.2, 0.25) is 5.91 Å². The van der Waals surface area contributed by atoms with Crippen LogP contribution in [0.15, 0.2) is 0 Å². The first-order chi connectivity index (χ1) is 12.7. The predicted molar refractivity (Wildman–Crippen MR) is 90.0 cm³/mol. The molecule has 0 aromatic carbocycles. The van der Waals surface area contributed by atoms with E-state index < -0.39 is 12.0 Å². The normalized spacial score (nSPS) is 22.6. The van der Waals surface area contributed by atoms with Crippen LogP contribution in [0.1, 0.15) is 29.2 Å². The molecule has 1 amide bonds. The highest BCUT2D eigenvalue weighted by molar-refractivity contribution is 5.77. The molecule has 10 heteroatoms. The summed E-state index contributed by atoms with van der Waals surface area (Å²) in [6.45, 7) is 6.89. The number of nitrogens with zero attached hydrogens (tertiary/aromatic N) is 5. The van der Waals surface area contributed by atoms with Crippen LogP contribution in [-0.2, 0) is 17.4 Å². The number of nitrogens with one attached hydrogen (secondary N) is 1. The van der Waals surface area contributed by atoms with Gasteiger partial charge in [-0.2, -0.15) is 18.2 Å². The molecule has 0 spiro atoms. The van der Waals surface area contributed by atoms with Crippen LogP contribution in [0.4, 0.5) is 13.2 Å². The van der Waals surface area contributed by atoms with Gasteiger partial charge >= 0.3 is 6.18 Å². The largest absolute Gasteiger partial charge is 0.453 e. The highest BCUT2D eigenvalue weighted by Crippen LogP contribution is 2.28. The molecule has 2 aromatic rings. The summed E-state index contributed by atoms with van der Waals surface area (Å²) in [5, 5.41) is 6.89. The Morgan fingerprint density at radius 2 is 1.85 bits per heavy atom. The molecule has 7 nitrogen and oxygen atoms in total. The summed E-state index contributed by atoms with van der Waals surface area (Å²) < 4.78 is 39.7. The fourth-order valence-corrected chi connectivity index (χ4v) is 4.14. The molecule has 1 N–H and O–H groups in total. The first-order valence-electron chi connectivity index (χ1n) is 9.02. The lowest BCUT2D eigenvalue weighted by atomic mass is 10.0. The molecule has 2 aromatic heterocycles. The molecule has 2 fully saturated rings. The van der Waals surface area contributed by atoms with Crippen molar-refractivity contribution in [2.45, 2.75) is 32.9 Å². The zero-order valence-electron chi connectivity index (χ0n) is 15.2. The third kappa shape index (κ3) is 3.26. The average molecular weight is 382 g/mol. The summed E-state index contributed by atoms with van der Waals surface area (Å²) in [7, 11) is 0. The molecule has 2 aliphatic rings. The zero-order chi connectivity index (χ0) is 19.3. The van der Waals surface area contributed by atoms with E-state index >= 15 is 0 Å². The third-order valence-electron chi connectivity index (χ3n) is 5.63. The number of aryl methyl sites for hydroxylation is 2. The van der Waals surface area contributed by atoms with Crippen molar-refractivity contribution in [3.63, 3.8) is 0 Å². The Hall–Kier alpha value is -2.23. The Kier molecular flexibility index (Phi) is 4.32. The predicted octanol–water partition coefficient (Wildman–Crippen LogP) is 1.37. The van der Waals surface area contributed by atoms with Crippen LogP contribution < -0.4 is 5.32 Å². The number of fused-ring (bicyclic) bond motifs is 2. The molecule has 0 radical (unpaired) electrons. The van der Waals surface area contributed by atoms with Crippen molar-refractivity contribution in [2.24, 2.45) is 11.8 Å². The molecule has 4 heterocycles. The molecular formula is C17H21F3N6O. The summed E-state index contributed by atoms with van der Waals surface area (Å²) in [5.41, 5.74) is 1.86. The van der Waals surface area contributed by atoms with Crippen LogP contribution >= 0.6 is 0 Å². The van der Waals surface area contributed by atoms with Gasteiger partial charge in [-0.05, 0) is 37.7 Å². The smallest absolute Gasteiger partial charge is 0.342 e. The topological polar surface area (TPSA) is 75.4 Å². The first-order valence-corrected chi connectivity index (χ1v) is 9.02. The Labute approximate surface area is 154 Å². The van der Waals surface area contributed by atoms with E-state index in [0.717, 1.165) is 36.3 Å². The Morgan fingerprint density at radius 1 is 1.19 bits per heavy atom. The van der Waals surface area contributed by atoms with Crippen LogP contribution in [-0.4, -0.2) is 56.6 Å². The summed E-state index contributed by atoms with van der Waals surface area (Å²) in [6, 6.07) is 0. The van der Waals surface area contributed by atoms with Gasteiger partial charge in [-0.1, -0.05) is 0 Å². The van der Waals surface area contributed by atoms with Crippen molar-refractivity contribution in [1.29, 1.82) is 0 Å². The minimum atomic E-state index is -4.62. The lowest BCUT2D eigenvalue weighted by Gasteiger charge is -2.18. The van der Waals surface area contributed by atoms with Gasteiger partial charge in [-0.25, -0.2) is 9.50 Å². The number of carbonyl (C=O) groups is 1. The molecule has 0 unspecified atom stereocenters. The van der Waals surface area contributed by atoms with E-state index in [2.05, 4.69) is 20.4 Å².